The first-order valence-electron chi connectivity index (χ1n) is 6.34. The molecule has 1 unspecified atom stereocenters. The van der Waals surface area contributed by atoms with E-state index in [1.807, 2.05) is 6.92 Å². The summed E-state index contributed by atoms with van der Waals surface area (Å²) >= 11 is 11.8. The Bertz CT molecular complexity index is 440. The lowest BCUT2D eigenvalue weighted by molar-refractivity contribution is 0.348. The third kappa shape index (κ3) is 2.98. The molecule has 2 N–H and O–H groups in total. The van der Waals surface area contributed by atoms with Crippen molar-refractivity contribution in [3.63, 3.8) is 0 Å². The van der Waals surface area contributed by atoms with Crippen LogP contribution in [0.1, 0.15) is 44.6 Å². The molecule has 18 heavy (non-hydrogen) atoms. The van der Waals surface area contributed by atoms with Crippen molar-refractivity contribution < 1.29 is 4.39 Å². The van der Waals surface area contributed by atoms with Gasteiger partial charge in [-0.25, -0.2) is 4.39 Å². The third-order valence-electron chi connectivity index (χ3n) is 3.81. The summed E-state index contributed by atoms with van der Waals surface area (Å²) in [5.41, 5.74) is 6.39. The summed E-state index contributed by atoms with van der Waals surface area (Å²) in [4.78, 5) is 0. The van der Waals surface area contributed by atoms with Gasteiger partial charge in [-0.1, -0.05) is 48.9 Å². The normalized spacial score (nSPS) is 20.1. The molecule has 0 aromatic heterocycles. The van der Waals surface area contributed by atoms with Crippen molar-refractivity contribution in [1.29, 1.82) is 0 Å². The molecule has 1 aromatic carbocycles. The molecule has 1 aliphatic rings. The monoisotopic (exact) mass is 289 g/mol. The van der Waals surface area contributed by atoms with E-state index in [0.29, 0.717) is 16.5 Å². The van der Waals surface area contributed by atoms with Gasteiger partial charge >= 0.3 is 0 Å². The van der Waals surface area contributed by atoms with Gasteiger partial charge in [-0.05, 0) is 37.0 Å². The molecule has 0 heterocycles. The summed E-state index contributed by atoms with van der Waals surface area (Å²) in [5, 5.41) is 0.491. The predicted octanol–water partition coefficient (Wildman–Crippen LogP) is 4.89. The van der Waals surface area contributed by atoms with Crippen LogP contribution in [0.5, 0.6) is 0 Å². The molecule has 1 aromatic rings. The van der Waals surface area contributed by atoms with E-state index in [9.17, 15) is 4.39 Å². The quantitative estimate of drug-likeness (QED) is 0.788. The van der Waals surface area contributed by atoms with Crippen molar-refractivity contribution >= 4 is 23.2 Å². The SMILES string of the molecule is CC(N)(CC1CCCC1)c1cc(F)c(Cl)cc1Cl. The highest BCUT2D eigenvalue weighted by atomic mass is 35.5. The molecule has 0 spiro atoms. The highest BCUT2D eigenvalue weighted by Gasteiger charge is 2.30. The zero-order valence-electron chi connectivity index (χ0n) is 10.5. The summed E-state index contributed by atoms with van der Waals surface area (Å²) in [5.74, 6) is 0.161. The Labute approximate surface area is 117 Å². The van der Waals surface area contributed by atoms with Crippen LogP contribution < -0.4 is 5.73 Å². The number of nitrogens with two attached hydrogens (primary N) is 1. The van der Waals surface area contributed by atoms with Gasteiger partial charge < -0.3 is 5.73 Å². The van der Waals surface area contributed by atoms with Gasteiger partial charge in [0.25, 0.3) is 0 Å². The average molecular weight is 290 g/mol. The largest absolute Gasteiger partial charge is 0.322 e. The van der Waals surface area contributed by atoms with E-state index < -0.39 is 11.4 Å². The molecule has 0 amide bonds. The number of halogens is 3. The molecular formula is C14H18Cl2FN. The second-order valence-electron chi connectivity index (χ2n) is 5.52. The van der Waals surface area contributed by atoms with Crippen LogP contribution >= 0.6 is 23.2 Å². The highest BCUT2D eigenvalue weighted by molar-refractivity contribution is 6.35. The zero-order valence-corrected chi connectivity index (χ0v) is 12.0. The molecule has 2 rings (SSSR count). The zero-order chi connectivity index (χ0) is 13.3. The summed E-state index contributed by atoms with van der Waals surface area (Å²) in [6.45, 7) is 1.92. The Morgan fingerprint density at radius 1 is 1.28 bits per heavy atom. The average Bonchev–Trinajstić information content (AvgIpc) is 2.75. The Hall–Kier alpha value is -0.310. The molecule has 4 heteroatoms. The van der Waals surface area contributed by atoms with Crippen LogP contribution in [0.25, 0.3) is 0 Å². The van der Waals surface area contributed by atoms with E-state index in [1.165, 1.54) is 37.8 Å². The Balaban J connectivity index is 2.25. The van der Waals surface area contributed by atoms with Crippen molar-refractivity contribution in [1.82, 2.24) is 0 Å². The Kier molecular flexibility index (Phi) is 4.20. The van der Waals surface area contributed by atoms with Crippen LogP contribution in [0.15, 0.2) is 12.1 Å². The van der Waals surface area contributed by atoms with Crippen LogP contribution in [0.4, 0.5) is 4.39 Å². The van der Waals surface area contributed by atoms with E-state index >= 15 is 0 Å². The maximum Gasteiger partial charge on any atom is 0.142 e. The molecule has 1 aliphatic carbocycles. The van der Waals surface area contributed by atoms with Gasteiger partial charge in [0, 0.05) is 10.6 Å². The topological polar surface area (TPSA) is 26.0 Å². The van der Waals surface area contributed by atoms with Gasteiger partial charge in [0.15, 0.2) is 0 Å². The maximum atomic E-state index is 13.6. The van der Waals surface area contributed by atoms with Crippen molar-refractivity contribution in [3.05, 3.63) is 33.6 Å². The van der Waals surface area contributed by atoms with E-state index in [4.69, 9.17) is 28.9 Å². The molecule has 100 valence electrons. The molecule has 0 bridgehead atoms. The maximum absolute atomic E-state index is 13.6. The summed E-state index contributed by atoms with van der Waals surface area (Å²) < 4.78 is 13.6. The molecule has 1 nitrogen and oxygen atoms in total. The predicted molar refractivity (Wildman–Crippen MR) is 74.5 cm³/mol. The van der Waals surface area contributed by atoms with Crippen LogP contribution in [0.2, 0.25) is 10.0 Å². The first kappa shape index (κ1) is 14.1. The van der Waals surface area contributed by atoms with Crippen molar-refractivity contribution in [2.75, 3.05) is 0 Å². The summed E-state index contributed by atoms with van der Waals surface area (Å²) in [6, 6.07) is 2.81. The standard InChI is InChI=1S/C14H18Cl2FN/c1-14(18,8-9-4-2-3-5-9)10-6-13(17)12(16)7-11(10)15/h6-7,9H,2-5,8,18H2,1H3. The molecular weight excluding hydrogens is 272 g/mol. The lowest BCUT2D eigenvalue weighted by Crippen LogP contribution is -2.35. The van der Waals surface area contributed by atoms with Crippen molar-refractivity contribution in [2.45, 2.75) is 44.6 Å². The van der Waals surface area contributed by atoms with Crippen LogP contribution in [0, 0.1) is 11.7 Å². The number of hydrogen-bond acceptors (Lipinski definition) is 1. The van der Waals surface area contributed by atoms with Gasteiger partial charge in [-0.3, -0.25) is 0 Å². The van der Waals surface area contributed by atoms with E-state index in [0.717, 1.165) is 6.42 Å². The van der Waals surface area contributed by atoms with Crippen molar-refractivity contribution in [2.24, 2.45) is 11.7 Å². The fourth-order valence-electron chi connectivity index (χ4n) is 2.88. The van der Waals surface area contributed by atoms with Crippen LogP contribution in [-0.4, -0.2) is 0 Å². The third-order valence-corrected chi connectivity index (χ3v) is 4.42. The highest BCUT2D eigenvalue weighted by Crippen LogP contribution is 2.38. The van der Waals surface area contributed by atoms with Crippen molar-refractivity contribution in [3.8, 4) is 0 Å². The lowest BCUT2D eigenvalue weighted by atomic mass is 9.83. The van der Waals surface area contributed by atoms with Gasteiger partial charge in [0.05, 0.1) is 5.02 Å². The van der Waals surface area contributed by atoms with E-state index in [-0.39, 0.29) is 5.02 Å². The molecule has 1 atom stereocenters. The smallest absolute Gasteiger partial charge is 0.142 e. The second-order valence-corrected chi connectivity index (χ2v) is 6.33. The van der Waals surface area contributed by atoms with E-state index in [1.54, 1.807) is 0 Å². The van der Waals surface area contributed by atoms with Gasteiger partial charge in [-0.2, -0.15) is 0 Å². The molecule has 1 saturated carbocycles. The number of rotatable bonds is 3. The molecule has 0 saturated heterocycles. The molecule has 0 aliphatic heterocycles. The minimum Gasteiger partial charge on any atom is -0.322 e. The number of benzene rings is 1. The van der Waals surface area contributed by atoms with Crippen LogP contribution in [-0.2, 0) is 5.54 Å². The fraction of sp³-hybridized carbons (Fsp3) is 0.571. The fourth-order valence-corrected chi connectivity index (χ4v) is 3.48. The van der Waals surface area contributed by atoms with Gasteiger partial charge in [0.1, 0.15) is 5.82 Å². The van der Waals surface area contributed by atoms with Gasteiger partial charge in [0.2, 0.25) is 0 Å². The lowest BCUT2D eigenvalue weighted by Gasteiger charge is -2.29. The first-order valence-corrected chi connectivity index (χ1v) is 7.09. The van der Waals surface area contributed by atoms with Gasteiger partial charge in [-0.15, -0.1) is 0 Å². The Morgan fingerprint density at radius 2 is 1.89 bits per heavy atom. The Morgan fingerprint density at radius 3 is 2.50 bits per heavy atom. The minimum absolute atomic E-state index is 0.0421. The molecule has 0 radical (unpaired) electrons. The first-order chi connectivity index (χ1) is 8.40. The summed E-state index contributed by atoms with van der Waals surface area (Å²) in [7, 11) is 0. The second kappa shape index (κ2) is 5.36. The van der Waals surface area contributed by atoms with E-state index in [2.05, 4.69) is 0 Å². The summed E-state index contributed by atoms with van der Waals surface area (Å²) in [6.07, 6.45) is 5.79. The number of hydrogen-bond donors (Lipinski definition) is 1. The molecule has 1 fully saturated rings. The minimum atomic E-state index is -0.600. The van der Waals surface area contributed by atoms with Crippen LogP contribution in [0.3, 0.4) is 0 Å².